The number of nitrogens with one attached hydrogen (secondary N) is 1. The Hall–Kier alpha value is -2.05. The minimum absolute atomic E-state index is 0.153. The number of unbranched alkanes of at least 4 members (excludes halogenated alkanes) is 10. The maximum atomic E-state index is 12.8. The van der Waals surface area contributed by atoms with Crippen molar-refractivity contribution < 1.29 is 27.5 Å². The second-order valence-corrected chi connectivity index (χ2v) is 7.98. The van der Waals surface area contributed by atoms with E-state index in [-0.39, 0.29) is 12.2 Å². The highest BCUT2D eigenvalue weighted by molar-refractivity contribution is 5.96. The summed E-state index contributed by atoms with van der Waals surface area (Å²) in [5.41, 5.74) is -1.06. The fourth-order valence-electron chi connectivity index (χ4n) is 3.24. The number of carbonyl (C=O) groups is 2. The predicted molar refractivity (Wildman–Crippen MR) is 116 cm³/mol. The lowest BCUT2D eigenvalue weighted by Gasteiger charge is -2.14. The average molecular weight is 444 g/mol. The number of carbonyl (C=O) groups excluding carboxylic acids is 2. The van der Waals surface area contributed by atoms with E-state index in [1.165, 1.54) is 64.4 Å². The highest BCUT2D eigenvalue weighted by Gasteiger charge is 2.31. The second kappa shape index (κ2) is 14.9. The Morgan fingerprint density at radius 1 is 0.935 bits per heavy atom. The summed E-state index contributed by atoms with van der Waals surface area (Å²) < 4.78 is 43.5. The molecule has 0 radical (unpaired) electrons. The van der Waals surface area contributed by atoms with Gasteiger partial charge in [0.1, 0.15) is 6.04 Å². The van der Waals surface area contributed by atoms with Crippen LogP contribution in [0.5, 0.6) is 0 Å². The number of hydrogen-bond acceptors (Lipinski definition) is 3. The third kappa shape index (κ3) is 11.8. The van der Waals surface area contributed by atoms with Crippen molar-refractivity contribution >= 4 is 11.9 Å². The molecule has 0 saturated heterocycles. The highest BCUT2D eigenvalue weighted by Crippen LogP contribution is 2.29. The van der Waals surface area contributed by atoms with E-state index in [0.29, 0.717) is 0 Å². The zero-order chi connectivity index (χ0) is 23.1. The third-order valence-corrected chi connectivity index (χ3v) is 5.15. The molecule has 4 nitrogen and oxygen atoms in total. The van der Waals surface area contributed by atoms with Crippen LogP contribution >= 0.6 is 0 Å². The molecule has 0 heterocycles. The van der Waals surface area contributed by atoms with Crippen LogP contribution in [0.2, 0.25) is 0 Å². The van der Waals surface area contributed by atoms with Gasteiger partial charge in [0.15, 0.2) is 0 Å². The van der Waals surface area contributed by atoms with Crippen LogP contribution in [0.1, 0.15) is 100 Å². The van der Waals surface area contributed by atoms with Gasteiger partial charge in [-0.05, 0) is 31.5 Å². The van der Waals surface area contributed by atoms with Gasteiger partial charge >= 0.3 is 12.1 Å². The normalized spacial score (nSPS) is 12.4. The van der Waals surface area contributed by atoms with Crippen LogP contribution < -0.4 is 5.32 Å². The minimum Gasteiger partial charge on any atom is -0.464 e. The molecule has 0 bridgehead atoms. The summed E-state index contributed by atoms with van der Waals surface area (Å²) in [5, 5.41) is 2.39. The van der Waals surface area contributed by atoms with E-state index >= 15 is 0 Å². The lowest BCUT2D eigenvalue weighted by molar-refractivity contribution is -0.145. The first kappa shape index (κ1) is 27.0. The molecule has 0 saturated carbocycles. The Bertz CT molecular complexity index is 662. The molecule has 176 valence electrons. The molecule has 31 heavy (non-hydrogen) atoms. The third-order valence-electron chi connectivity index (χ3n) is 5.15. The number of amides is 1. The fraction of sp³-hybridized carbons (Fsp3) is 0.667. The topological polar surface area (TPSA) is 55.4 Å². The number of esters is 1. The lowest BCUT2D eigenvalue weighted by Crippen LogP contribution is -2.39. The number of alkyl halides is 3. The minimum atomic E-state index is -4.53. The number of benzene rings is 1. The van der Waals surface area contributed by atoms with Gasteiger partial charge in [-0.1, -0.05) is 77.2 Å². The van der Waals surface area contributed by atoms with Gasteiger partial charge in [-0.2, -0.15) is 13.2 Å². The van der Waals surface area contributed by atoms with Crippen molar-refractivity contribution in [2.75, 3.05) is 6.61 Å². The van der Waals surface area contributed by atoms with Crippen molar-refractivity contribution in [1.82, 2.24) is 5.32 Å². The van der Waals surface area contributed by atoms with Crippen molar-refractivity contribution in [3.05, 3.63) is 35.4 Å². The molecular formula is C24H36F3NO3. The first-order valence-corrected chi connectivity index (χ1v) is 11.4. The zero-order valence-electron chi connectivity index (χ0n) is 18.7. The molecule has 1 amide bonds. The van der Waals surface area contributed by atoms with Crippen LogP contribution in [0.25, 0.3) is 0 Å². The maximum absolute atomic E-state index is 12.8. The number of halogens is 3. The zero-order valence-corrected chi connectivity index (χ0v) is 18.7. The number of hydrogen-bond donors (Lipinski definition) is 1. The Morgan fingerprint density at radius 3 is 2.03 bits per heavy atom. The first-order valence-electron chi connectivity index (χ1n) is 11.4. The molecule has 0 aliphatic carbocycles. The molecule has 0 unspecified atom stereocenters. The molecule has 0 aromatic heterocycles. The first-order chi connectivity index (χ1) is 14.8. The summed E-state index contributed by atoms with van der Waals surface area (Å²) in [6, 6.07) is 3.15. The molecule has 1 rings (SSSR count). The van der Waals surface area contributed by atoms with Gasteiger partial charge in [0.25, 0.3) is 5.91 Å². The largest absolute Gasteiger partial charge is 0.464 e. The lowest BCUT2D eigenvalue weighted by atomic mass is 10.1. The Balaban J connectivity index is 2.16. The number of ether oxygens (including phenoxy) is 1. The van der Waals surface area contributed by atoms with E-state index in [9.17, 15) is 22.8 Å². The summed E-state index contributed by atoms with van der Waals surface area (Å²) in [6.07, 6.45) is 8.58. The molecule has 1 N–H and O–H groups in total. The van der Waals surface area contributed by atoms with Crippen molar-refractivity contribution in [2.24, 2.45) is 0 Å². The SMILES string of the molecule is CCCCCCCCCCCCCOC(=O)[C@H](C)NC(=O)c1cccc(C(F)(F)F)c1. The van der Waals surface area contributed by atoms with Gasteiger partial charge in [0.05, 0.1) is 12.2 Å². The molecule has 0 aliphatic rings. The molecule has 1 aromatic rings. The van der Waals surface area contributed by atoms with E-state index in [0.717, 1.165) is 37.5 Å². The monoisotopic (exact) mass is 443 g/mol. The van der Waals surface area contributed by atoms with E-state index in [4.69, 9.17) is 4.74 Å². The van der Waals surface area contributed by atoms with Gasteiger partial charge < -0.3 is 10.1 Å². The summed E-state index contributed by atoms with van der Waals surface area (Å²) >= 11 is 0. The van der Waals surface area contributed by atoms with Gasteiger partial charge in [-0.3, -0.25) is 4.79 Å². The summed E-state index contributed by atoms with van der Waals surface area (Å²) in [5.74, 6) is -1.34. The molecule has 0 spiro atoms. The fourth-order valence-corrected chi connectivity index (χ4v) is 3.24. The second-order valence-electron chi connectivity index (χ2n) is 7.98. The van der Waals surface area contributed by atoms with Crippen LogP contribution in [0.15, 0.2) is 24.3 Å². The van der Waals surface area contributed by atoms with Crippen molar-refractivity contribution in [3.8, 4) is 0 Å². The Kier molecular flexibility index (Phi) is 12.9. The molecular weight excluding hydrogens is 407 g/mol. The number of rotatable bonds is 15. The molecule has 0 fully saturated rings. The van der Waals surface area contributed by atoms with Gasteiger partial charge in [-0.25, -0.2) is 4.79 Å². The van der Waals surface area contributed by atoms with Crippen LogP contribution in [0, 0.1) is 0 Å². The Morgan fingerprint density at radius 2 is 1.48 bits per heavy atom. The van der Waals surface area contributed by atoms with Crippen LogP contribution in [0.4, 0.5) is 13.2 Å². The van der Waals surface area contributed by atoms with Gasteiger partial charge in [-0.15, -0.1) is 0 Å². The van der Waals surface area contributed by atoms with E-state index in [2.05, 4.69) is 12.2 Å². The smallest absolute Gasteiger partial charge is 0.416 e. The molecule has 1 atom stereocenters. The Labute approximate surface area is 183 Å². The predicted octanol–water partition coefficient (Wildman–Crippen LogP) is 6.68. The van der Waals surface area contributed by atoms with Crippen LogP contribution in [-0.4, -0.2) is 24.5 Å². The van der Waals surface area contributed by atoms with E-state index < -0.39 is 29.7 Å². The van der Waals surface area contributed by atoms with Gasteiger partial charge in [0.2, 0.25) is 0 Å². The summed E-state index contributed by atoms with van der Waals surface area (Å²) in [6.45, 7) is 3.95. The van der Waals surface area contributed by atoms with Crippen molar-refractivity contribution in [3.63, 3.8) is 0 Å². The summed E-state index contributed by atoms with van der Waals surface area (Å²) in [7, 11) is 0. The van der Waals surface area contributed by atoms with Crippen LogP contribution in [-0.2, 0) is 15.7 Å². The maximum Gasteiger partial charge on any atom is 0.416 e. The van der Waals surface area contributed by atoms with Crippen LogP contribution in [0.3, 0.4) is 0 Å². The molecule has 1 aromatic carbocycles. The highest BCUT2D eigenvalue weighted by atomic mass is 19.4. The van der Waals surface area contributed by atoms with Crippen molar-refractivity contribution in [2.45, 2.75) is 96.7 Å². The molecule has 7 heteroatoms. The quantitative estimate of drug-likeness (QED) is 0.243. The van der Waals surface area contributed by atoms with E-state index in [1.54, 1.807) is 0 Å². The van der Waals surface area contributed by atoms with Crippen molar-refractivity contribution in [1.29, 1.82) is 0 Å². The van der Waals surface area contributed by atoms with E-state index in [1.807, 2.05) is 0 Å². The summed E-state index contributed by atoms with van der Waals surface area (Å²) in [4.78, 5) is 24.1. The molecule has 0 aliphatic heterocycles. The average Bonchev–Trinajstić information content (AvgIpc) is 2.73. The van der Waals surface area contributed by atoms with Gasteiger partial charge in [0, 0.05) is 5.56 Å². The standard InChI is InChI=1S/C24H36F3NO3/c1-3-4-5-6-7-8-9-10-11-12-13-17-31-23(30)19(2)28-22(29)20-15-14-16-21(18-20)24(25,26)27/h14-16,18-19H,3-13,17H2,1-2H3,(H,28,29)/t19-/m0/s1.